The molecule has 10 heavy (non-hydrogen) atoms. The number of nitrogens with one attached hydrogen (secondary N) is 1. The highest BCUT2D eigenvalue weighted by Crippen LogP contribution is 1.95. The molecular weight excluding hydrogens is 150 g/mol. The van der Waals surface area contributed by atoms with Crippen molar-refractivity contribution < 1.29 is 0 Å². The van der Waals surface area contributed by atoms with Gasteiger partial charge in [0.2, 0.25) is 0 Å². The van der Waals surface area contributed by atoms with E-state index < -0.39 is 0 Å². The van der Waals surface area contributed by atoms with E-state index in [1.807, 2.05) is 0 Å². The lowest BCUT2D eigenvalue weighted by molar-refractivity contribution is 0.241. The fraction of sp³-hybridized carbons (Fsp3) is 1.00. The zero-order chi connectivity index (χ0) is 7.40. The highest BCUT2D eigenvalue weighted by atomic mass is 35.5. The highest BCUT2D eigenvalue weighted by Gasteiger charge is 2.10. The van der Waals surface area contributed by atoms with Crippen molar-refractivity contribution in [1.29, 1.82) is 0 Å². The van der Waals surface area contributed by atoms with Gasteiger partial charge in [-0.2, -0.15) is 0 Å². The summed E-state index contributed by atoms with van der Waals surface area (Å²) in [5.41, 5.74) is 5.22. The number of nitrogens with two attached hydrogens (primary N) is 1. The number of hydrogen-bond acceptors (Lipinski definition) is 3. The third-order valence-electron chi connectivity index (χ3n) is 1.64. The summed E-state index contributed by atoms with van der Waals surface area (Å²) in [5, 5.41) is 3.26. The number of piperazine rings is 1. The Morgan fingerprint density at radius 2 is 2.10 bits per heavy atom. The van der Waals surface area contributed by atoms with Crippen molar-refractivity contribution in [2.75, 3.05) is 32.7 Å². The SMILES string of the molecule is NC(Cl)CN1CCNCC1. The van der Waals surface area contributed by atoms with E-state index in [9.17, 15) is 0 Å². The molecule has 1 aliphatic rings. The third kappa shape index (κ3) is 2.84. The summed E-state index contributed by atoms with van der Waals surface area (Å²) in [6.45, 7) is 5.07. The van der Waals surface area contributed by atoms with E-state index in [0.29, 0.717) is 0 Å². The quantitative estimate of drug-likeness (QED) is 0.423. The number of alkyl halides is 1. The molecule has 0 amide bonds. The van der Waals surface area contributed by atoms with Crippen LogP contribution in [0.5, 0.6) is 0 Å². The Morgan fingerprint density at radius 3 is 2.60 bits per heavy atom. The standard InChI is InChI=1S/C6H14ClN3/c7-6(8)5-10-3-1-9-2-4-10/h6,9H,1-5,8H2. The van der Waals surface area contributed by atoms with Crippen LogP contribution in [0.2, 0.25) is 0 Å². The number of hydrogen-bond donors (Lipinski definition) is 2. The molecule has 1 rings (SSSR count). The first-order valence-corrected chi connectivity index (χ1v) is 4.05. The largest absolute Gasteiger partial charge is 0.314 e. The van der Waals surface area contributed by atoms with Gasteiger partial charge in [-0.1, -0.05) is 0 Å². The monoisotopic (exact) mass is 163 g/mol. The molecule has 1 heterocycles. The molecule has 0 aromatic heterocycles. The summed E-state index contributed by atoms with van der Waals surface area (Å²) >= 11 is 5.63. The van der Waals surface area contributed by atoms with Gasteiger partial charge in [-0.25, -0.2) is 0 Å². The van der Waals surface area contributed by atoms with Gasteiger partial charge in [-0.15, -0.1) is 11.6 Å². The summed E-state index contributed by atoms with van der Waals surface area (Å²) in [6, 6.07) is 0. The van der Waals surface area contributed by atoms with E-state index >= 15 is 0 Å². The van der Waals surface area contributed by atoms with E-state index in [4.69, 9.17) is 17.3 Å². The number of halogens is 1. The van der Waals surface area contributed by atoms with Crippen LogP contribution < -0.4 is 11.1 Å². The normalized spacial score (nSPS) is 24.6. The third-order valence-corrected chi connectivity index (χ3v) is 1.78. The van der Waals surface area contributed by atoms with Crippen LogP contribution in [-0.2, 0) is 0 Å². The maximum absolute atomic E-state index is 5.63. The van der Waals surface area contributed by atoms with Gasteiger partial charge in [-0.3, -0.25) is 4.90 Å². The van der Waals surface area contributed by atoms with Crippen LogP contribution in [0.1, 0.15) is 0 Å². The lowest BCUT2D eigenvalue weighted by Crippen LogP contribution is -2.46. The fourth-order valence-corrected chi connectivity index (χ4v) is 1.34. The van der Waals surface area contributed by atoms with Gasteiger partial charge in [0.25, 0.3) is 0 Å². The Kier molecular flexibility index (Phi) is 3.42. The molecule has 0 radical (unpaired) electrons. The van der Waals surface area contributed by atoms with Crippen LogP contribution in [0.25, 0.3) is 0 Å². The molecular formula is C6H14ClN3. The Morgan fingerprint density at radius 1 is 1.50 bits per heavy atom. The van der Waals surface area contributed by atoms with Crippen molar-refractivity contribution in [2.45, 2.75) is 5.50 Å². The molecule has 1 unspecified atom stereocenters. The van der Waals surface area contributed by atoms with Crippen molar-refractivity contribution >= 4 is 11.6 Å². The molecule has 0 spiro atoms. The van der Waals surface area contributed by atoms with Crippen molar-refractivity contribution in [3.8, 4) is 0 Å². The van der Waals surface area contributed by atoms with Crippen molar-refractivity contribution in [3.63, 3.8) is 0 Å². The Labute approximate surface area is 66.5 Å². The topological polar surface area (TPSA) is 41.3 Å². The van der Waals surface area contributed by atoms with E-state index in [2.05, 4.69) is 10.2 Å². The van der Waals surface area contributed by atoms with Crippen LogP contribution >= 0.6 is 11.6 Å². The summed E-state index contributed by atoms with van der Waals surface area (Å²) in [4.78, 5) is 2.27. The zero-order valence-electron chi connectivity index (χ0n) is 6.02. The van der Waals surface area contributed by atoms with Crippen LogP contribution in [0.15, 0.2) is 0 Å². The van der Waals surface area contributed by atoms with E-state index in [1.165, 1.54) is 0 Å². The minimum Gasteiger partial charge on any atom is -0.314 e. The Balaban J connectivity index is 2.13. The molecule has 1 saturated heterocycles. The average molecular weight is 164 g/mol. The van der Waals surface area contributed by atoms with Crippen molar-refractivity contribution in [1.82, 2.24) is 10.2 Å². The van der Waals surface area contributed by atoms with E-state index in [1.54, 1.807) is 0 Å². The minimum absolute atomic E-state index is 0.210. The summed E-state index contributed by atoms with van der Waals surface area (Å²) in [5.74, 6) is 0. The van der Waals surface area contributed by atoms with Gasteiger partial charge >= 0.3 is 0 Å². The second-order valence-corrected chi connectivity index (χ2v) is 3.13. The molecule has 3 nitrogen and oxygen atoms in total. The molecule has 1 atom stereocenters. The van der Waals surface area contributed by atoms with E-state index in [-0.39, 0.29) is 5.50 Å². The van der Waals surface area contributed by atoms with Crippen LogP contribution in [0.3, 0.4) is 0 Å². The summed E-state index contributed by atoms with van der Waals surface area (Å²) < 4.78 is 0. The van der Waals surface area contributed by atoms with Crippen molar-refractivity contribution in [3.05, 3.63) is 0 Å². The predicted octanol–water partition coefficient (Wildman–Crippen LogP) is -0.585. The molecule has 0 aromatic carbocycles. The van der Waals surface area contributed by atoms with Gasteiger partial charge < -0.3 is 11.1 Å². The second-order valence-electron chi connectivity index (χ2n) is 2.57. The van der Waals surface area contributed by atoms with Gasteiger partial charge in [0.15, 0.2) is 0 Å². The minimum atomic E-state index is -0.210. The zero-order valence-corrected chi connectivity index (χ0v) is 6.77. The average Bonchev–Trinajstić information content (AvgIpc) is 1.88. The maximum Gasteiger partial charge on any atom is 0.0929 e. The van der Waals surface area contributed by atoms with Gasteiger partial charge in [-0.05, 0) is 0 Å². The first-order valence-electron chi connectivity index (χ1n) is 3.62. The van der Waals surface area contributed by atoms with Crippen molar-refractivity contribution in [2.24, 2.45) is 5.73 Å². The molecule has 0 aliphatic carbocycles. The maximum atomic E-state index is 5.63. The van der Waals surface area contributed by atoms with Gasteiger partial charge in [0, 0.05) is 32.7 Å². The molecule has 4 heteroatoms. The smallest absolute Gasteiger partial charge is 0.0929 e. The molecule has 0 saturated carbocycles. The van der Waals surface area contributed by atoms with Crippen LogP contribution in [0, 0.1) is 0 Å². The number of nitrogens with zero attached hydrogens (tertiary/aromatic N) is 1. The highest BCUT2D eigenvalue weighted by molar-refractivity contribution is 6.20. The molecule has 0 bridgehead atoms. The lowest BCUT2D eigenvalue weighted by Gasteiger charge is -2.27. The molecule has 0 aromatic rings. The molecule has 3 N–H and O–H groups in total. The van der Waals surface area contributed by atoms with Gasteiger partial charge in [0.05, 0.1) is 5.50 Å². The second kappa shape index (κ2) is 4.13. The number of rotatable bonds is 2. The van der Waals surface area contributed by atoms with Crippen LogP contribution in [0.4, 0.5) is 0 Å². The predicted molar refractivity (Wildman–Crippen MR) is 43.1 cm³/mol. The summed E-state index contributed by atoms with van der Waals surface area (Å²) in [6.07, 6.45) is 0. The summed E-state index contributed by atoms with van der Waals surface area (Å²) in [7, 11) is 0. The Hall–Kier alpha value is 0.170. The Bertz CT molecular complexity index is 91.0. The van der Waals surface area contributed by atoms with Crippen LogP contribution in [-0.4, -0.2) is 43.1 Å². The molecule has 1 fully saturated rings. The molecule has 60 valence electrons. The van der Waals surface area contributed by atoms with E-state index in [0.717, 1.165) is 32.7 Å². The fourth-order valence-electron chi connectivity index (χ4n) is 1.14. The van der Waals surface area contributed by atoms with Gasteiger partial charge in [0.1, 0.15) is 0 Å². The first-order chi connectivity index (χ1) is 4.79. The lowest BCUT2D eigenvalue weighted by atomic mass is 10.3. The first kappa shape index (κ1) is 8.27. The molecule has 1 aliphatic heterocycles.